The van der Waals surface area contributed by atoms with Gasteiger partial charge in [0.1, 0.15) is 0 Å². The average molecular weight is 108 g/mol. The van der Waals surface area contributed by atoms with Crippen LogP contribution in [-0.4, -0.2) is 0 Å². The molecule has 0 aromatic rings. The summed E-state index contributed by atoms with van der Waals surface area (Å²) >= 11 is 0. The fourth-order valence-electron chi connectivity index (χ4n) is 2.01. The van der Waals surface area contributed by atoms with E-state index in [4.69, 9.17) is 0 Å². The first-order valence-corrected chi connectivity index (χ1v) is 3.66. The molecule has 0 aromatic carbocycles. The van der Waals surface area contributed by atoms with Gasteiger partial charge < -0.3 is 0 Å². The lowest BCUT2D eigenvalue weighted by molar-refractivity contribution is 0.610. The lowest BCUT2D eigenvalue weighted by Crippen LogP contribution is -1.86. The van der Waals surface area contributed by atoms with Gasteiger partial charge in [0.05, 0.1) is 0 Å². The minimum Gasteiger partial charge on any atom is -0.0850 e. The Hall–Kier alpha value is -0.260. The summed E-state index contributed by atoms with van der Waals surface area (Å²) in [6.45, 7) is 0. The van der Waals surface area contributed by atoms with Gasteiger partial charge >= 0.3 is 0 Å². The molecule has 0 saturated heterocycles. The van der Waals surface area contributed by atoms with Crippen LogP contribution in [0.15, 0.2) is 11.6 Å². The molecule has 1 atom stereocenters. The van der Waals surface area contributed by atoms with Crippen LogP contribution in [0.3, 0.4) is 0 Å². The average Bonchev–Trinajstić information content (AvgIpc) is 2.15. The van der Waals surface area contributed by atoms with Gasteiger partial charge in [-0.05, 0) is 38.0 Å². The van der Waals surface area contributed by atoms with Crippen LogP contribution < -0.4 is 0 Å². The number of rotatable bonds is 0. The maximum atomic E-state index is 2.46. The van der Waals surface area contributed by atoms with Gasteiger partial charge in [-0.3, -0.25) is 0 Å². The summed E-state index contributed by atoms with van der Waals surface area (Å²) in [4.78, 5) is 0. The van der Waals surface area contributed by atoms with Crippen LogP contribution in [0.2, 0.25) is 0 Å². The second kappa shape index (κ2) is 1.61. The van der Waals surface area contributed by atoms with Gasteiger partial charge in [0.25, 0.3) is 0 Å². The third kappa shape index (κ3) is 0.521. The van der Waals surface area contributed by atoms with E-state index in [1.165, 1.54) is 32.1 Å². The third-order valence-corrected chi connectivity index (χ3v) is 2.46. The van der Waals surface area contributed by atoms with E-state index in [1.807, 2.05) is 0 Å². The molecule has 0 aromatic heterocycles. The predicted molar refractivity (Wildman–Crippen MR) is 34.7 cm³/mol. The van der Waals surface area contributed by atoms with E-state index in [0.717, 1.165) is 5.92 Å². The molecular weight excluding hydrogens is 96.1 g/mol. The van der Waals surface area contributed by atoms with E-state index in [9.17, 15) is 0 Å². The van der Waals surface area contributed by atoms with Crippen LogP contribution in [0.1, 0.15) is 32.1 Å². The number of hydrogen-bond donors (Lipinski definition) is 0. The molecule has 0 N–H and O–H groups in total. The molecule has 0 nitrogen and oxygen atoms in total. The Bertz CT molecular complexity index is 122. The fourth-order valence-corrected chi connectivity index (χ4v) is 2.01. The van der Waals surface area contributed by atoms with Crippen molar-refractivity contribution in [2.45, 2.75) is 32.1 Å². The summed E-state index contributed by atoms with van der Waals surface area (Å²) < 4.78 is 0. The Morgan fingerprint density at radius 2 is 2.38 bits per heavy atom. The van der Waals surface area contributed by atoms with Gasteiger partial charge in [-0.25, -0.2) is 0 Å². The molecule has 2 aliphatic rings. The Labute approximate surface area is 50.6 Å². The Morgan fingerprint density at radius 3 is 3.25 bits per heavy atom. The largest absolute Gasteiger partial charge is 0.0850 e. The van der Waals surface area contributed by atoms with Crippen molar-refractivity contribution in [3.8, 4) is 0 Å². The maximum absolute atomic E-state index is 2.46. The van der Waals surface area contributed by atoms with Crippen molar-refractivity contribution in [2.24, 2.45) is 5.92 Å². The smallest absolute Gasteiger partial charge is 0.0200 e. The SMILES string of the molecule is C1=C2CCC[C@H]2CC1. The quantitative estimate of drug-likeness (QED) is 0.418. The highest BCUT2D eigenvalue weighted by atomic mass is 14.3. The summed E-state index contributed by atoms with van der Waals surface area (Å²) in [6.07, 6.45) is 9.68. The topological polar surface area (TPSA) is 0 Å². The van der Waals surface area contributed by atoms with Gasteiger partial charge in [0, 0.05) is 0 Å². The molecule has 0 unspecified atom stereocenters. The van der Waals surface area contributed by atoms with Crippen LogP contribution in [0.4, 0.5) is 0 Å². The molecule has 2 aliphatic carbocycles. The van der Waals surface area contributed by atoms with Gasteiger partial charge in [0.15, 0.2) is 0 Å². The predicted octanol–water partition coefficient (Wildman–Crippen LogP) is 2.51. The first kappa shape index (κ1) is 4.60. The van der Waals surface area contributed by atoms with E-state index in [1.54, 1.807) is 5.57 Å². The van der Waals surface area contributed by atoms with Gasteiger partial charge in [-0.2, -0.15) is 0 Å². The second-order valence-corrected chi connectivity index (χ2v) is 2.95. The molecule has 1 saturated carbocycles. The summed E-state index contributed by atoms with van der Waals surface area (Å²) in [7, 11) is 0. The molecular formula is C8H12. The van der Waals surface area contributed by atoms with Crippen LogP contribution in [0.5, 0.6) is 0 Å². The Morgan fingerprint density at radius 1 is 1.38 bits per heavy atom. The van der Waals surface area contributed by atoms with E-state index in [0.29, 0.717) is 0 Å². The van der Waals surface area contributed by atoms with Crippen LogP contribution in [-0.2, 0) is 0 Å². The monoisotopic (exact) mass is 108 g/mol. The van der Waals surface area contributed by atoms with Crippen molar-refractivity contribution in [1.29, 1.82) is 0 Å². The van der Waals surface area contributed by atoms with Crippen LogP contribution in [0.25, 0.3) is 0 Å². The normalized spacial score (nSPS) is 35.0. The zero-order chi connectivity index (χ0) is 5.40. The van der Waals surface area contributed by atoms with E-state index in [-0.39, 0.29) is 0 Å². The van der Waals surface area contributed by atoms with E-state index >= 15 is 0 Å². The van der Waals surface area contributed by atoms with E-state index < -0.39 is 0 Å². The molecule has 44 valence electrons. The zero-order valence-electron chi connectivity index (χ0n) is 5.19. The van der Waals surface area contributed by atoms with E-state index in [2.05, 4.69) is 6.08 Å². The Balaban J connectivity index is 2.20. The summed E-state index contributed by atoms with van der Waals surface area (Å²) in [5.41, 5.74) is 1.78. The number of fused-ring (bicyclic) bond motifs is 1. The highest BCUT2D eigenvalue weighted by molar-refractivity contribution is 5.15. The second-order valence-electron chi connectivity index (χ2n) is 2.95. The molecule has 0 heterocycles. The maximum Gasteiger partial charge on any atom is -0.0200 e. The molecule has 0 aliphatic heterocycles. The summed E-state index contributed by atoms with van der Waals surface area (Å²) in [5.74, 6) is 1.04. The molecule has 0 heteroatoms. The standard InChI is InChI=1S/C8H12/c1-3-7-5-2-6-8(7)4-1/h3,8H,1-2,4-6H2/t8-/m1/s1. The molecule has 2 rings (SSSR count). The van der Waals surface area contributed by atoms with Crippen molar-refractivity contribution < 1.29 is 0 Å². The molecule has 8 heavy (non-hydrogen) atoms. The molecule has 1 fully saturated rings. The van der Waals surface area contributed by atoms with Crippen LogP contribution in [0, 0.1) is 5.92 Å². The van der Waals surface area contributed by atoms with Gasteiger partial charge in [-0.1, -0.05) is 11.6 Å². The first-order valence-electron chi connectivity index (χ1n) is 3.66. The molecule has 0 radical (unpaired) electrons. The zero-order valence-corrected chi connectivity index (χ0v) is 5.19. The lowest BCUT2D eigenvalue weighted by Gasteiger charge is -1.99. The van der Waals surface area contributed by atoms with Crippen LogP contribution >= 0.6 is 0 Å². The fraction of sp³-hybridized carbons (Fsp3) is 0.750. The van der Waals surface area contributed by atoms with Crippen molar-refractivity contribution in [3.63, 3.8) is 0 Å². The van der Waals surface area contributed by atoms with Crippen molar-refractivity contribution in [3.05, 3.63) is 11.6 Å². The summed E-state index contributed by atoms with van der Waals surface area (Å²) in [6, 6.07) is 0. The third-order valence-electron chi connectivity index (χ3n) is 2.46. The highest BCUT2D eigenvalue weighted by Gasteiger charge is 2.23. The van der Waals surface area contributed by atoms with Crippen molar-refractivity contribution in [2.75, 3.05) is 0 Å². The highest BCUT2D eigenvalue weighted by Crippen LogP contribution is 2.38. The molecule has 0 bridgehead atoms. The number of hydrogen-bond acceptors (Lipinski definition) is 0. The van der Waals surface area contributed by atoms with Gasteiger partial charge in [0.2, 0.25) is 0 Å². The Kier molecular flexibility index (Phi) is 0.927. The minimum atomic E-state index is 1.04. The van der Waals surface area contributed by atoms with Gasteiger partial charge in [-0.15, -0.1) is 0 Å². The van der Waals surface area contributed by atoms with Crippen molar-refractivity contribution in [1.82, 2.24) is 0 Å². The van der Waals surface area contributed by atoms with Crippen molar-refractivity contribution >= 4 is 0 Å². The molecule has 0 amide bonds. The number of allylic oxidation sites excluding steroid dienone is 2. The minimum absolute atomic E-state index is 1.04. The molecule has 0 spiro atoms. The lowest BCUT2D eigenvalue weighted by atomic mass is 10.1. The summed E-state index contributed by atoms with van der Waals surface area (Å²) in [5, 5.41) is 0. The first-order chi connectivity index (χ1) is 3.97.